The summed E-state index contributed by atoms with van der Waals surface area (Å²) in [5.41, 5.74) is 1.91. The maximum atomic E-state index is 12.6. The van der Waals surface area contributed by atoms with Crippen molar-refractivity contribution in [1.82, 2.24) is 30.1 Å². The van der Waals surface area contributed by atoms with Crippen LogP contribution >= 0.6 is 11.6 Å². The van der Waals surface area contributed by atoms with E-state index in [1.807, 2.05) is 36.4 Å². The van der Waals surface area contributed by atoms with E-state index in [9.17, 15) is 4.79 Å². The third-order valence-electron chi connectivity index (χ3n) is 3.68. The number of nitrogens with zero attached hydrogens (tertiary/aromatic N) is 6. The van der Waals surface area contributed by atoms with E-state index in [0.29, 0.717) is 5.02 Å². The molecule has 1 amide bonds. The Balaban J connectivity index is 1.91. The molecule has 2 heterocycles. The van der Waals surface area contributed by atoms with E-state index in [0.717, 1.165) is 11.1 Å². The Morgan fingerprint density at radius 1 is 1.17 bits per heavy atom. The minimum atomic E-state index is -0.255. The number of benzene rings is 1. The van der Waals surface area contributed by atoms with E-state index in [2.05, 4.69) is 20.5 Å². The van der Waals surface area contributed by atoms with Gasteiger partial charge in [-0.25, -0.2) is 4.68 Å². The lowest BCUT2D eigenvalue weighted by Crippen LogP contribution is -2.34. The van der Waals surface area contributed by atoms with Crippen molar-refractivity contribution in [3.63, 3.8) is 0 Å². The van der Waals surface area contributed by atoms with Crippen molar-refractivity contribution in [3.8, 4) is 0 Å². The van der Waals surface area contributed by atoms with Gasteiger partial charge in [-0.1, -0.05) is 23.7 Å². The quantitative estimate of drug-likeness (QED) is 0.708. The van der Waals surface area contributed by atoms with Gasteiger partial charge in [-0.3, -0.25) is 9.78 Å². The van der Waals surface area contributed by atoms with Crippen LogP contribution in [0.15, 0.2) is 55.1 Å². The summed E-state index contributed by atoms with van der Waals surface area (Å²) < 4.78 is 1.39. The second-order valence-electron chi connectivity index (χ2n) is 5.25. The zero-order valence-corrected chi connectivity index (χ0v) is 13.7. The predicted molar refractivity (Wildman–Crippen MR) is 88.1 cm³/mol. The summed E-state index contributed by atoms with van der Waals surface area (Å²) in [5.74, 6) is -0.112. The topological polar surface area (TPSA) is 76.8 Å². The van der Waals surface area contributed by atoms with Crippen molar-refractivity contribution in [2.45, 2.75) is 12.6 Å². The van der Waals surface area contributed by atoms with Gasteiger partial charge in [0, 0.05) is 24.5 Å². The first-order chi connectivity index (χ1) is 11.6. The number of hydrogen-bond donors (Lipinski definition) is 0. The van der Waals surface area contributed by atoms with Crippen LogP contribution in [-0.4, -0.2) is 43.0 Å². The molecule has 2 aromatic heterocycles. The van der Waals surface area contributed by atoms with Crippen molar-refractivity contribution in [2.24, 2.45) is 0 Å². The highest BCUT2D eigenvalue weighted by Gasteiger charge is 2.24. The predicted octanol–water partition coefficient (Wildman–Crippen LogP) is 1.97. The average Bonchev–Trinajstić information content (AvgIpc) is 3.10. The summed E-state index contributed by atoms with van der Waals surface area (Å²) in [4.78, 5) is 18.3. The molecule has 0 saturated heterocycles. The van der Waals surface area contributed by atoms with E-state index >= 15 is 0 Å². The Kier molecular flexibility index (Phi) is 4.81. The van der Waals surface area contributed by atoms with Crippen LogP contribution in [0.25, 0.3) is 0 Å². The van der Waals surface area contributed by atoms with E-state index in [4.69, 9.17) is 11.6 Å². The smallest absolute Gasteiger partial charge is 0.244 e. The van der Waals surface area contributed by atoms with E-state index in [1.54, 1.807) is 24.3 Å². The number of aromatic nitrogens is 5. The Labute approximate surface area is 143 Å². The summed E-state index contributed by atoms with van der Waals surface area (Å²) in [7, 11) is 1.76. The van der Waals surface area contributed by atoms with Crippen LogP contribution in [0.2, 0.25) is 5.02 Å². The monoisotopic (exact) mass is 342 g/mol. The largest absolute Gasteiger partial charge is 0.333 e. The second kappa shape index (κ2) is 7.18. The molecule has 8 heteroatoms. The number of likely N-dealkylation sites (N-methyl/N-ethyl adjacent to an activating group) is 1. The maximum absolute atomic E-state index is 12.6. The molecule has 7 nitrogen and oxygen atoms in total. The summed E-state index contributed by atoms with van der Waals surface area (Å²) in [6, 6.07) is 11.0. The van der Waals surface area contributed by atoms with Gasteiger partial charge in [0.15, 0.2) is 0 Å². The molecular formula is C16H15ClN6O. The van der Waals surface area contributed by atoms with Crippen LogP contribution in [0.5, 0.6) is 0 Å². The Bertz CT molecular complexity index is 791. The van der Waals surface area contributed by atoms with Gasteiger partial charge < -0.3 is 4.90 Å². The molecule has 0 bridgehead atoms. The van der Waals surface area contributed by atoms with E-state index in [-0.39, 0.29) is 18.5 Å². The molecule has 0 saturated carbocycles. The molecule has 122 valence electrons. The fourth-order valence-electron chi connectivity index (χ4n) is 2.48. The van der Waals surface area contributed by atoms with Gasteiger partial charge in [-0.2, -0.15) is 0 Å². The zero-order chi connectivity index (χ0) is 16.9. The molecule has 1 atom stereocenters. The lowest BCUT2D eigenvalue weighted by atomic mass is 9.98. The fraction of sp³-hybridized carbons (Fsp3) is 0.188. The lowest BCUT2D eigenvalue weighted by Gasteiger charge is -2.29. The third-order valence-corrected chi connectivity index (χ3v) is 3.93. The number of hydrogen-bond acceptors (Lipinski definition) is 5. The molecule has 0 aliphatic rings. The van der Waals surface area contributed by atoms with Gasteiger partial charge in [-0.15, -0.1) is 5.10 Å². The molecule has 0 radical (unpaired) electrons. The summed E-state index contributed by atoms with van der Waals surface area (Å²) in [5, 5.41) is 11.5. The van der Waals surface area contributed by atoms with Crippen molar-refractivity contribution in [2.75, 3.05) is 7.05 Å². The van der Waals surface area contributed by atoms with Crippen LogP contribution in [0, 0.1) is 0 Å². The van der Waals surface area contributed by atoms with Gasteiger partial charge in [0.1, 0.15) is 12.9 Å². The van der Waals surface area contributed by atoms with Crippen LogP contribution in [0.3, 0.4) is 0 Å². The van der Waals surface area contributed by atoms with Gasteiger partial charge in [0.05, 0.1) is 6.04 Å². The minimum Gasteiger partial charge on any atom is -0.333 e. The molecule has 0 aliphatic heterocycles. The highest BCUT2D eigenvalue weighted by atomic mass is 35.5. The molecule has 1 aromatic carbocycles. The second-order valence-corrected chi connectivity index (χ2v) is 5.68. The molecule has 0 unspecified atom stereocenters. The summed E-state index contributed by atoms with van der Waals surface area (Å²) in [6.45, 7) is 0.0681. The summed E-state index contributed by atoms with van der Waals surface area (Å²) in [6.07, 6.45) is 4.82. The fourth-order valence-corrected chi connectivity index (χ4v) is 2.60. The number of tetrazole rings is 1. The van der Waals surface area contributed by atoms with Crippen molar-refractivity contribution >= 4 is 17.5 Å². The van der Waals surface area contributed by atoms with Crippen LogP contribution in [-0.2, 0) is 11.3 Å². The first kappa shape index (κ1) is 16.1. The Hall–Kier alpha value is -2.80. The Morgan fingerprint density at radius 2 is 1.83 bits per heavy atom. The van der Waals surface area contributed by atoms with E-state index in [1.165, 1.54) is 11.0 Å². The molecule has 0 N–H and O–H groups in total. The number of rotatable bonds is 5. The van der Waals surface area contributed by atoms with E-state index < -0.39 is 0 Å². The molecule has 24 heavy (non-hydrogen) atoms. The molecular weight excluding hydrogens is 328 g/mol. The molecule has 3 rings (SSSR count). The van der Waals surface area contributed by atoms with Crippen LogP contribution < -0.4 is 0 Å². The highest BCUT2D eigenvalue weighted by Crippen LogP contribution is 2.28. The molecule has 3 aromatic rings. The number of amides is 1. The molecule has 0 aliphatic carbocycles. The molecule has 0 spiro atoms. The minimum absolute atomic E-state index is 0.0681. The van der Waals surface area contributed by atoms with Gasteiger partial charge in [-0.05, 0) is 45.8 Å². The van der Waals surface area contributed by atoms with Gasteiger partial charge in [0.25, 0.3) is 0 Å². The van der Waals surface area contributed by atoms with Gasteiger partial charge >= 0.3 is 0 Å². The standard InChI is InChI=1S/C16H15ClN6O/c1-22(15(24)10-23-11-19-20-21-23)16(13-6-8-18-9-7-13)12-2-4-14(17)5-3-12/h2-9,11,16H,10H2,1H3/t16-/m1/s1. The van der Waals surface area contributed by atoms with Crippen LogP contribution in [0.1, 0.15) is 17.2 Å². The average molecular weight is 343 g/mol. The maximum Gasteiger partial charge on any atom is 0.244 e. The first-order valence-corrected chi connectivity index (χ1v) is 7.65. The number of carbonyl (C=O) groups is 1. The van der Waals surface area contributed by atoms with Crippen molar-refractivity contribution in [3.05, 3.63) is 71.3 Å². The third kappa shape index (κ3) is 3.57. The number of pyridine rings is 1. The number of halogens is 1. The number of carbonyl (C=O) groups excluding carboxylic acids is 1. The lowest BCUT2D eigenvalue weighted by molar-refractivity contribution is -0.132. The van der Waals surface area contributed by atoms with Crippen LogP contribution in [0.4, 0.5) is 0 Å². The van der Waals surface area contributed by atoms with Gasteiger partial charge in [0.2, 0.25) is 5.91 Å². The normalized spacial score (nSPS) is 11.9. The van der Waals surface area contributed by atoms with Crippen molar-refractivity contribution < 1.29 is 4.79 Å². The molecule has 0 fully saturated rings. The Morgan fingerprint density at radius 3 is 2.46 bits per heavy atom. The summed E-state index contributed by atoms with van der Waals surface area (Å²) >= 11 is 5.98. The SMILES string of the molecule is CN(C(=O)Cn1cnnn1)[C@@H](c1ccncc1)c1ccc(Cl)cc1. The van der Waals surface area contributed by atoms with Crippen molar-refractivity contribution in [1.29, 1.82) is 0 Å². The first-order valence-electron chi connectivity index (χ1n) is 7.27. The zero-order valence-electron chi connectivity index (χ0n) is 13.0. The highest BCUT2D eigenvalue weighted by molar-refractivity contribution is 6.30.